The Labute approximate surface area is 140 Å². The molecule has 0 radical (unpaired) electrons. The van der Waals surface area contributed by atoms with Gasteiger partial charge in [-0.1, -0.05) is 30.3 Å². The van der Waals surface area contributed by atoms with Gasteiger partial charge in [0.15, 0.2) is 6.39 Å². The molecule has 2 N–H and O–H groups in total. The lowest BCUT2D eigenvalue weighted by Crippen LogP contribution is -2.60. The summed E-state index contributed by atoms with van der Waals surface area (Å²) < 4.78 is 5.04. The summed E-state index contributed by atoms with van der Waals surface area (Å²) in [6.07, 6.45) is 3.44. The Kier molecular flexibility index (Phi) is 4.90. The number of aromatic nitrogens is 1. The molecule has 7 heteroatoms. The molecule has 2 amide bonds. The highest BCUT2D eigenvalue weighted by molar-refractivity contribution is 5.95. The number of oxazole rings is 1. The highest BCUT2D eigenvalue weighted by Gasteiger charge is 2.35. The lowest BCUT2D eigenvalue weighted by atomic mass is 10.1. The maximum atomic E-state index is 12.4. The Morgan fingerprint density at radius 1 is 1.25 bits per heavy atom. The minimum absolute atomic E-state index is 0.124. The van der Waals surface area contributed by atoms with Crippen LogP contribution in [-0.4, -0.2) is 58.8 Å². The van der Waals surface area contributed by atoms with E-state index in [1.807, 2.05) is 18.2 Å². The van der Waals surface area contributed by atoms with Crippen LogP contribution in [-0.2, 0) is 11.2 Å². The molecule has 0 bridgehead atoms. The summed E-state index contributed by atoms with van der Waals surface area (Å²) in [7, 11) is 0. The first kappa shape index (κ1) is 16.2. The van der Waals surface area contributed by atoms with Crippen LogP contribution in [0, 0.1) is 0 Å². The van der Waals surface area contributed by atoms with Gasteiger partial charge in [-0.2, -0.15) is 0 Å². The largest absolute Gasteiger partial charge is 0.438 e. The average Bonchev–Trinajstić information content (AvgIpc) is 3.14. The summed E-state index contributed by atoms with van der Waals surface area (Å²) in [5, 5.41) is 0. The first-order valence-corrected chi connectivity index (χ1v) is 7.90. The van der Waals surface area contributed by atoms with Gasteiger partial charge in [0.25, 0.3) is 5.91 Å². The fourth-order valence-corrected chi connectivity index (χ4v) is 2.92. The third-order valence-electron chi connectivity index (χ3n) is 4.26. The molecule has 126 valence electrons. The Morgan fingerprint density at radius 3 is 2.71 bits per heavy atom. The molecule has 1 unspecified atom stereocenters. The monoisotopic (exact) mass is 328 g/mol. The maximum Gasteiger partial charge on any atom is 0.292 e. The molecule has 3 rings (SSSR count). The van der Waals surface area contributed by atoms with E-state index in [4.69, 9.17) is 10.2 Å². The third kappa shape index (κ3) is 3.62. The van der Waals surface area contributed by atoms with E-state index in [9.17, 15) is 9.59 Å². The van der Waals surface area contributed by atoms with Crippen LogP contribution >= 0.6 is 0 Å². The van der Waals surface area contributed by atoms with E-state index in [2.05, 4.69) is 22.0 Å². The number of nitrogens with two attached hydrogens (primary N) is 1. The predicted octanol–water partition coefficient (Wildman–Crippen LogP) is 0.529. The van der Waals surface area contributed by atoms with Crippen molar-refractivity contribution in [2.75, 3.05) is 26.2 Å². The number of amides is 2. The van der Waals surface area contributed by atoms with Gasteiger partial charge < -0.3 is 15.1 Å². The van der Waals surface area contributed by atoms with Crippen molar-refractivity contribution in [2.24, 2.45) is 5.73 Å². The summed E-state index contributed by atoms with van der Waals surface area (Å²) >= 11 is 0. The van der Waals surface area contributed by atoms with Crippen molar-refractivity contribution >= 4 is 11.8 Å². The standard InChI is InChI=1S/C17H20N4O3/c18-16(22)14-11-20(7-6-13-4-2-1-3-5-13)8-9-21(14)17(23)15-10-19-12-24-15/h1-5,10,12,14H,6-9,11H2,(H2,18,22). The number of hydrogen-bond donors (Lipinski definition) is 1. The smallest absolute Gasteiger partial charge is 0.292 e. The van der Waals surface area contributed by atoms with Gasteiger partial charge in [0.05, 0.1) is 6.20 Å². The summed E-state index contributed by atoms with van der Waals surface area (Å²) in [5.41, 5.74) is 6.76. The molecule has 2 heterocycles. The molecule has 1 fully saturated rings. The summed E-state index contributed by atoms with van der Waals surface area (Å²) in [6.45, 7) is 2.37. The molecule has 1 aromatic carbocycles. The number of piperazine rings is 1. The molecule has 24 heavy (non-hydrogen) atoms. The molecule has 2 aromatic rings. The van der Waals surface area contributed by atoms with Gasteiger partial charge in [0.2, 0.25) is 11.7 Å². The van der Waals surface area contributed by atoms with Crippen LogP contribution in [0.5, 0.6) is 0 Å². The molecule has 7 nitrogen and oxygen atoms in total. The van der Waals surface area contributed by atoms with Crippen LogP contribution in [0.4, 0.5) is 0 Å². The summed E-state index contributed by atoms with van der Waals surface area (Å²) in [5.74, 6) is -0.731. The molecular weight excluding hydrogens is 308 g/mol. The Hall–Kier alpha value is -2.67. The van der Waals surface area contributed by atoms with Crippen molar-refractivity contribution in [3.8, 4) is 0 Å². The molecule has 0 aliphatic carbocycles. The second-order valence-corrected chi connectivity index (χ2v) is 5.82. The van der Waals surface area contributed by atoms with E-state index < -0.39 is 11.9 Å². The van der Waals surface area contributed by atoms with Crippen LogP contribution in [0.25, 0.3) is 0 Å². The van der Waals surface area contributed by atoms with E-state index in [0.29, 0.717) is 19.6 Å². The zero-order valence-electron chi connectivity index (χ0n) is 13.3. The number of benzene rings is 1. The number of carbonyl (C=O) groups excluding carboxylic acids is 2. The lowest BCUT2D eigenvalue weighted by molar-refractivity contribution is -0.124. The maximum absolute atomic E-state index is 12.4. The molecule has 1 aliphatic rings. The van der Waals surface area contributed by atoms with Crippen molar-refractivity contribution in [1.29, 1.82) is 0 Å². The Morgan fingerprint density at radius 2 is 2.04 bits per heavy atom. The number of nitrogens with zero attached hydrogens (tertiary/aromatic N) is 3. The average molecular weight is 328 g/mol. The van der Waals surface area contributed by atoms with Gasteiger partial charge in [-0.15, -0.1) is 0 Å². The van der Waals surface area contributed by atoms with Crippen LogP contribution in [0.1, 0.15) is 16.1 Å². The first-order valence-electron chi connectivity index (χ1n) is 7.90. The lowest BCUT2D eigenvalue weighted by Gasteiger charge is -2.39. The zero-order valence-corrected chi connectivity index (χ0v) is 13.3. The molecule has 1 aromatic heterocycles. The minimum atomic E-state index is -0.660. The summed E-state index contributed by atoms with van der Waals surface area (Å²) in [4.78, 5) is 31.6. The van der Waals surface area contributed by atoms with Crippen LogP contribution < -0.4 is 5.73 Å². The van der Waals surface area contributed by atoms with E-state index >= 15 is 0 Å². The van der Waals surface area contributed by atoms with Crippen molar-refractivity contribution in [1.82, 2.24) is 14.8 Å². The minimum Gasteiger partial charge on any atom is -0.438 e. The molecule has 1 atom stereocenters. The topological polar surface area (TPSA) is 92.7 Å². The second kappa shape index (κ2) is 7.27. The van der Waals surface area contributed by atoms with Gasteiger partial charge in [0.1, 0.15) is 6.04 Å². The van der Waals surface area contributed by atoms with Crippen LogP contribution in [0.3, 0.4) is 0 Å². The normalized spacial score (nSPS) is 18.5. The molecular formula is C17H20N4O3. The first-order chi connectivity index (χ1) is 11.6. The van der Waals surface area contributed by atoms with Gasteiger partial charge in [-0.3, -0.25) is 14.5 Å². The van der Waals surface area contributed by atoms with E-state index in [-0.39, 0.29) is 11.7 Å². The highest BCUT2D eigenvalue weighted by Crippen LogP contribution is 2.15. The van der Waals surface area contributed by atoms with Crippen molar-refractivity contribution < 1.29 is 14.0 Å². The number of rotatable bonds is 5. The van der Waals surface area contributed by atoms with Crippen LogP contribution in [0.2, 0.25) is 0 Å². The fourth-order valence-electron chi connectivity index (χ4n) is 2.92. The highest BCUT2D eigenvalue weighted by atomic mass is 16.3. The van der Waals surface area contributed by atoms with Crippen molar-refractivity contribution in [2.45, 2.75) is 12.5 Å². The second-order valence-electron chi connectivity index (χ2n) is 5.82. The number of hydrogen-bond acceptors (Lipinski definition) is 5. The van der Waals surface area contributed by atoms with E-state index in [0.717, 1.165) is 13.0 Å². The molecule has 1 aliphatic heterocycles. The zero-order chi connectivity index (χ0) is 16.9. The van der Waals surface area contributed by atoms with E-state index in [1.54, 1.807) is 0 Å². The SMILES string of the molecule is NC(=O)C1CN(CCc2ccccc2)CCN1C(=O)c1cnco1. The molecule has 0 spiro atoms. The van der Waals surface area contributed by atoms with Crippen LogP contribution in [0.15, 0.2) is 47.3 Å². The van der Waals surface area contributed by atoms with E-state index in [1.165, 1.54) is 23.1 Å². The molecule has 0 saturated carbocycles. The fraction of sp³-hybridized carbons (Fsp3) is 0.353. The van der Waals surface area contributed by atoms with Gasteiger partial charge in [-0.25, -0.2) is 4.98 Å². The van der Waals surface area contributed by atoms with Gasteiger partial charge in [0, 0.05) is 26.2 Å². The third-order valence-corrected chi connectivity index (χ3v) is 4.26. The Bertz CT molecular complexity index is 687. The van der Waals surface area contributed by atoms with Gasteiger partial charge >= 0.3 is 0 Å². The van der Waals surface area contributed by atoms with Crippen molar-refractivity contribution in [3.63, 3.8) is 0 Å². The summed E-state index contributed by atoms with van der Waals surface area (Å²) in [6, 6.07) is 9.50. The Balaban J connectivity index is 1.63. The molecule has 1 saturated heterocycles. The van der Waals surface area contributed by atoms with Crippen molar-refractivity contribution in [3.05, 3.63) is 54.2 Å². The number of primary amides is 1. The number of carbonyl (C=O) groups is 2. The predicted molar refractivity (Wildman–Crippen MR) is 87.1 cm³/mol. The quantitative estimate of drug-likeness (QED) is 0.864. The van der Waals surface area contributed by atoms with Gasteiger partial charge in [-0.05, 0) is 12.0 Å².